The van der Waals surface area contributed by atoms with Crippen molar-refractivity contribution in [1.82, 2.24) is 14.6 Å². The molecule has 1 aromatic rings. The molecule has 1 fully saturated rings. The van der Waals surface area contributed by atoms with E-state index in [2.05, 4.69) is 21.5 Å². The molecule has 1 aromatic heterocycles. The normalized spacial score (nSPS) is 24.2. The van der Waals surface area contributed by atoms with E-state index in [1.54, 1.807) is 0 Å². The van der Waals surface area contributed by atoms with Gasteiger partial charge in [-0.15, -0.1) is 0 Å². The van der Waals surface area contributed by atoms with Gasteiger partial charge in [0.25, 0.3) is 0 Å². The number of likely N-dealkylation sites (tertiary alicyclic amines) is 1. The van der Waals surface area contributed by atoms with E-state index in [0.29, 0.717) is 6.04 Å². The van der Waals surface area contributed by atoms with Crippen LogP contribution in [0.25, 0.3) is 0 Å². The molecule has 1 aliphatic heterocycles. The van der Waals surface area contributed by atoms with Gasteiger partial charge in [0, 0.05) is 18.3 Å². The van der Waals surface area contributed by atoms with Crippen molar-refractivity contribution >= 4 is 10.0 Å². The molecule has 2 unspecified atom stereocenters. The van der Waals surface area contributed by atoms with Crippen LogP contribution in [0, 0.1) is 11.3 Å². The van der Waals surface area contributed by atoms with E-state index in [1.165, 1.54) is 18.3 Å². The Kier molecular flexibility index (Phi) is 4.38. The lowest BCUT2D eigenvalue weighted by Crippen LogP contribution is -2.47. The molecular weight excluding hydrogens is 276 g/mol. The predicted molar refractivity (Wildman–Crippen MR) is 74.4 cm³/mol. The fourth-order valence-corrected chi connectivity index (χ4v) is 3.76. The summed E-state index contributed by atoms with van der Waals surface area (Å²) < 4.78 is 27.4. The summed E-state index contributed by atoms with van der Waals surface area (Å²) in [7, 11) is -1.67. The molecule has 2 rings (SSSR count). The van der Waals surface area contributed by atoms with Crippen molar-refractivity contribution in [2.75, 3.05) is 13.6 Å². The van der Waals surface area contributed by atoms with Crippen LogP contribution in [0.15, 0.2) is 23.2 Å². The van der Waals surface area contributed by atoms with E-state index in [4.69, 9.17) is 5.26 Å². The van der Waals surface area contributed by atoms with Crippen LogP contribution in [0.4, 0.5) is 0 Å². The van der Waals surface area contributed by atoms with E-state index in [-0.39, 0.29) is 16.6 Å². The van der Waals surface area contributed by atoms with E-state index in [0.717, 1.165) is 19.4 Å². The lowest BCUT2D eigenvalue weighted by molar-refractivity contribution is 0.178. The van der Waals surface area contributed by atoms with Crippen LogP contribution < -0.4 is 4.72 Å². The highest BCUT2D eigenvalue weighted by Crippen LogP contribution is 2.19. The number of aromatic nitrogens is 1. The largest absolute Gasteiger partial charge is 0.304 e. The highest BCUT2D eigenvalue weighted by molar-refractivity contribution is 7.89. The number of hydrogen-bond acceptors (Lipinski definition) is 5. The van der Waals surface area contributed by atoms with E-state index in [1.807, 2.05) is 13.1 Å². The highest BCUT2D eigenvalue weighted by atomic mass is 32.2. The molecule has 108 valence electrons. The molecule has 0 spiro atoms. The molecule has 1 saturated heterocycles. The van der Waals surface area contributed by atoms with Crippen molar-refractivity contribution in [3.05, 3.63) is 24.0 Å². The Morgan fingerprint density at radius 2 is 2.30 bits per heavy atom. The summed E-state index contributed by atoms with van der Waals surface area (Å²) in [6.07, 6.45) is 2.94. The molecule has 2 heterocycles. The molecule has 1 aliphatic rings. The SMILES string of the molecule is CC1CC(NS(=O)(=O)c2cccnc2C#N)CCN1C. The number of piperidine rings is 1. The Morgan fingerprint density at radius 3 is 2.95 bits per heavy atom. The van der Waals surface area contributed by atoms with Gasteiger partial charge in [0.05, 0.1) is 0 Å². The first-order valence-electron chi connectivity index (χ1n) is 6.51. The predicted octanol–water partition coefficient (Wildman–Crippen LogP) is 0.714. The van der Waals surface area contributed by atoms with Crippen LogP contribution >= 0.6 is 0 Å². The van der Waals surface area contributed by atoms with Crippen molar-refractivity contribution in [2.45, 2.75) is 36.7 Å². The summed E-state index contributed by atoms with van der Waals surface area (Å²) in [4.78, 5) is 5.95. The van der Waals surface area contributed by atoms with Crippen molar-refractivity contribution in [3.63, 3.8) is 0 Å². The second-order valence-electron chi connectivity index (χ2n) is 5.13. The molecule has 0 saturated carbocycles. The van der Waals surface area contributed by atoms with Crippen molar-refractivity contribution in [1.29, 1.82) is 5.26 Å². The Balaban J connectivity index is 2.18. The second-order valence-corrected chi connectivity index (χ2v) is 6.82. The fraction of sp³-hybridized carbons (Fsp3) is 0.538. The van der Waals surface area contributed by atoms with Gasteiger partial charge in [-0.3, -0.25) is 0 Å². The number of rotatable bonds is 3. The lowest BCUT2D eigenvalue weighted by Gasteiger charge is -2.35. The van der Waals surface area contributed by atoms with Gasteiger partial charge in [-0.25, -0.2) is 18.1 Å². The molecule has 2 atom stereocenters. The van der Waals surface area contributed by atoms with Gasteiger partial charge in [0.2, 0.25) is 10.0 Å². The van der Waals surface area contributed by atoms with Crippen LogP contribution in [0.2, 0.25) is 0 Å². The Hall–Kier alpha value is -1.49. The maximum Gasteiger partial charge on any atom is 0.243 e. The third-order valence-corrected chi connectivity index (χ3v) is 5.25. The number of nitrogens with one attached hydrogen (secondary N) is 1. The number of nitriles is 1. The minimum Gasteiger partial charge on any atom is -0.304 e. The van der Waals surface area contributed by atoms with Crippen molar-refractivity contribution in [2.24, 2.45) is 0 Å². The van der Waals surface area contributed by atoms with Gasteiger partial charge in [-0.2, -0.15) is 5.26 Å². The standard InChI is InChI=1S/C13H18N4O2S/c1-10-8-11(5-7-17(10)2)16-20(18,19)13-4-3-6-15-12(13)9-14/h3-4,6,10-11,16H,5,7-8H2,1-2H3. The molecular formula is C13H18N4O2S. The number of sulfonamides is 1. The first-order valence-corrected chi connectivity index (χ1v) is 8.00. The average Bonchev–Trinajstić information content (AvgIpc) is 2.42. The molecule has 0 bridgehead atoms. The van der Waals surface area contributed by atoms with Crippen LogP contribution in [0.3, 0.4) is 0 Å². The summed E-state index contributed by atoms with van der Waals surface area (Å²) >= 11 is 0. The van der Waals surface area contributed by atoms with Gasteiger partial charge >= 0.3 is 0 Å². The molecule has 0 aliphatic carbocycles. The minimum absolute atomic E-state index is 0.0471. The van der Waals surface area contributed by atoms with Crippen molar-refractivity contribution in [3.8, 4) is 6.07 Å². The molecule has 6 nitrogen and oxygen atoms in total. The third-order valence-electron chi connectivity index (χ3n) is 3.70. The molecule has 0 radical (unpaired) electrons. The van der Waals surface area contributed by atoms with Gasteiger partial charge in [-0.05, 0) is 45.5 Å². The number of hydrogen-bond donors (Lipinski definition) is 1. The van der Waals surface area contributed by atoms with Gasteiger partial charge in [-0.1, -0.05) is 0 Å². The average molecular weight is 294 g/mol. The number of pyridine rings is 1. The van der Waals surface area contributed by atoms with E-state index in [9.17, 15) is 8.42 Å². The summed E-state index contributed by atoms with van der Waals surface area (Å²) in [5.74, 6) is 0. The first kappa shape index (κ1) is 14.9. The molecule has 0 amide bonds. The topological polar surface area (TPSA) is 86.1 Å². The number of nitrogens with zero attached hydrogens (tertiary/aromatic N) is 3. The first-order chi connectivity index (χ1) is 9.44. The summed E-state index contributed by atoms with van der Waals surface area (Å²) in [6.45, 7) is 2.93. The quantitative estimate of drug-likeness (QED) is 0.887. The van der Waals surface area contributed by atoms with Crippen molar-refractivity contribution < 1.29 is 8.42 Å². The minimum atomic E-state index is -3.70. The highest BCUT2D eigenvalue weighted by Gasteiger charge is 2.28. The zero-order valence-corrected chi connectivity index (χ0v) is 12.4. The molecule has 20 heavy (non-hydrogen) atoms. The van der Waals surface area contributed by atoms with Crippen LogP contribution in [-0.2, 0) is 10.0 Å². The Bertz CT molecular complexity index is 624. The lowest BCUT2D eigenvalue weighted by atomic mass is 10.0. The van der Waals surface area contributed by atoms with Gasteiger partial charge < -0.3 is 4.90 Å². The van der Waals surface area contributed by atoms with Crippen LogP contribution in [0.5, 0.6) is 0 Å². The van der Waals surface area contributed by atoms with Gasteiger partial charge in [0.1, 0.15) is 11.0 Å². The monoisotopic (exact) mass is 294 g/mol. The zero-order chi connectivity index (χ0) is 14.8. The van der Waals surface area contributed by atoms with E-state index < -0.39 is 10.0 Å². The Labute approximate surface area is 119 Å². The zero-order valence-electron chi connectivity index (χ0n) is 11.6. The molecule has 0 aromatic carbocycles. The summed E-state index contributed by atoms with van der Waals surface area (Å²) in [6, 6.07) is 4.98. The Morgan fingerprint density at radius 1 is 1.55 bits per heavy atom. The second kappa shape index (κ2) is 5.87. The van der Waals surface area contributed by atoms with Gasteiger partial charge in [0.15, 0.2) is 5.69 Å². The third kappa shape index (κ3) is 3.15. The fourth-order valence-electron chi connectivity index (χ4n) is 2.37. The molecule has 7 heteroatoms. The van der Waals surface area contributed by atoms with E-state index >= 15 is 0 Å². The molecule has 1 N–H and O–H groups in total. The maximum absolute atomic E-state index is 12.4. The smallest absolute Gasteiger partial charge is 0.243 e. The van der Waals surface area contributed by atoms with Crippen LogP contribution in [-0.4, -0.2) is 44.0 Å². The maximum atomic E-state index is 12.4. The summed E-state index contributed by atoms with van der Waals surface area (Å²) in [5.41, 5.74) is -0.0685. The van der Waals surface area contributed by atoms with Crippen LogP contribution in [0.1, 0.15) is 25.5 Å². The summed E-state index contributed by atoms with van der Waals surface area (Å²) in [5, 5.41) is 8.95.